The van der Waals surface area contributed by atoms with Crippen molar-refractivity contribution in [2.45, 2.75) is 0 Å². The molecule has 2 aliphatic rings. The molecule has 2 saturated heterocycles. The molecule has 0 amide bonds. The Bertz CT molecular complexity index is 604. The van der Waals surface area contributed by atoms with Gasteiger partial charge in [0.2, 0.25) is 0 Å². The van der Waals surface area contributed by atoms with Crippen LogP contribution in [0, 0.1) is 23.7 Å². The maximum atomic E-state index is 6.04. The van der Waals surface area contributed by atoms with Gasteiger partial charge in [-0.15, -0.1) is 47.0 Å². The molecule has 2 rings (SSSR count). The van der Waals surface area contributed by atoms with Crippen molar-refractivity contribution in [3.8, 4) is 23.7 Å². The summed E-state index contributed by atoms with van der Waals surface area (Å²) in [5.74, 6) is 16.1. The Labute approximate surface area is 159 Å². The molecule has 0 aliphatic carbocycles. The minimum Gasteiger partial charge on any atom is -0.117 e. The SMILES string of the molecule is C=C(Cl)C(C#CC#CC(C(=C)Cl)=C1SCCS1)=C1SCCS1. The molecule has 0 aromatic carbocycles. The molecule has 2 fully saturated rings. The van der Waals surface area contributed by atoms with E-state index < -0.39 is 0 Å². The van der Waals surface area contributed by atoms with Crippen LogP contribution in [0.2, 0.25) is 0 Å². The first-order chi connectivity index (χ1) is 10.6. The fourth-order valence-corrected chi connectivity index (χ4v) is 7.08. The lowest BCUT2D eigenvalue weighted by atomic mass is 10.3. The zero-order valence-corrected chi connectivity index (χ0v) is 16.4. The monoisotopic (exact) mass is 402 g/mol. The normalized spacial score (nSPS) is 16.5. The average Bonchev–Trinajstić information content (AvgIpc) is 3.14. The molecule has 6 heteroatoms. The summed E-state index contributed by atoms with van der Waals surface area (Å²) >= 11 is 19.1. The van der Waals surface area contributed by atoms with Crippen LogP contribution in [0.1, 0.15) is 0 Å². The van der Waals surface area contributed by atoms with E-state index in [2.05, 4.69) is 36.8 Å². The van der Waals surface area contributed by atoms with Crippen molar-refractivity contribution in [1.29, 1.82) is 0 Å². The second kappa shape index (κ2) is 9.38. The fraction of sp³-hybridized carbons (Fsp3) is 0.250. The quantitative estimate of drug-likeness (QED) is 0.528. The molecule has 114 valence electrons. The van der Waals surface area contributed by atoms with Crippen molar-refractivity contribution in [2.75, 3.05) is 23.0 Å². The Morgan fingerprint density at radius 3 is 1.32 bits per heavy atom. The van der Waals surface area contributed by atoms with Crippen molar-refractivity contribution < 1.29 is 0 Å². The number of thioether (sulfide) groups is 4. The Morgan fingerprint density at radius 2 is 1.05 bits per heavy atom. The number of hydrogen-bond acceptors (Lipinski definition) is 4. The van der Waals surface area contributed by atoms with Crippen LogP contribution < -0.4 is 0 Å². The van der Waals surface area contributed by atoms with E-state index >= 15 is 0 Å². The highest BCUT2D eigenvalue weighted by Crippen LogP contribution is 2.41. The smallest absolute Gasteiger partial charge is 0.0635 e. The van der Waals surface area contributed by atoms with Crippen LogP contribution in [0.3, 0.4) is 0 Å². The minimum absolute atomic E-state index is 0.466. The van der Waals surface area contributed by atoms with Gasteiger partial charge in [-0.2, -0.15) is 0 Å². The van der Waals surface area contributed by atoms with Crippen LogP contribution in [0.15, 0.2) is 42.8 Å². The third-order valence-electron chi connectivity index (χ3n) is 2.49. The van der Waals surface area contributed by atoms with Gasteiger partial charge < -0.3 is 0 Å². The molecule has 2 heterocycles. The summed E-state index contributed by atoms with van der Waals surface area (Å²) in [6.07, 6.45) is 0. The van der Waals surface area contributed by atoms with Gasteiger partial charge in [0, 0.05) is 23.0 Å². The maximum Gasteiger partial charge on any atom is 0.0635 e. The molecule has 0 nitrogen and oxygen atoms in total. The Morgan fingerprint density at radius 1 is 0.727 bits per heavy atom. The summed E-state index contributed by atoms with van der Waals surface area (Å²) < 4.78 is 2.27. The highest BCUT2D eigenvalue weighted by molar-refractivity contribution is 8.25. The maximum absolute atomic E-state index is 6.04. The molecule has 0 unspecified atom stereocenters. The summed E-state index contributed by atoms with van der Waals surface area (Å²) in [5, 5.41) is 0.932. The first-order valence-corrected chi connectivity index (χ1v) is 11.0. The Kier molecular flexibility index (Phi) is 7.84. The van der Waals surface area contributed by atoms with E-state index in [-0.39, 0.29) is 0 Å². The zero-order chi connectivity index (χ0) is 15.9. The molecule has 0 atom stereocenters. The molecule has 22 heavy (non-hydrogen) atoms. The minimum atomic E-state index is 0.466. The predicted molar refractivity (Wildman–Crippen MR) is 109 cm³/mol. The van der Waals surface area contributed by atoms with Crippen LogP contribution in [0.5, 0.6) is 0 Å². The Hall–Kier alpha value is 0.0600. The zero-order valence-electron chi connectivity index (χ0n) is 11.6. The largest absolute Gasteiger partial charge is 0.117 e. The van der Waals surface area contributed by atoms with Gasteiger partial charge in [-0.1, -0.05) is 36.4 Å². The van der Waals surface area contributed by atoms with Gasteiger partial charge in [0.05, 0.1) is 29.7 Å². The molecule has 2 aliphatic heterocycles. The molecule has 0 N–H and O–H groups in total. The summed E-state index contributed by atoms with van der Waals surface area (Å²) in [6, 6.07) is 0. The van der Waals surface area contributed by atoms with Crippen LogP contribution in [-0.4, -0.2) is 23.0 Å². The number of hydrogen-bond donors (Lipinski definition) is 0. The summed E-state index contributed by atoms with van der Waals surface area (Å²) in [7, 11) is 0. The van der Waals surface area contributed by atoms with Crippen LogP contribution in [0.25, 0.3) is 0 Å². The fourth-order valence-electron chi connectivity index (χ4n) is 1.56. The van der Waals surface area contributed by atoms with Crippen LogP contribution in [0.4, 0.5) is 0 Å². The van der Waals surface area contributed by atoms with Crippen LogP contribution in [-0.2, 0) is 0 Å². The van der Waals surface area contributed by atoms with Gasteiger partial charge in [0.1, 0.15) is 0 Å². The number of halogens is 2. The van der Waals surface area contributed by atoms with Crippen molar-refractivity contribution in [3.05, 3.63) is 42.8 Å². The third-order valence-corrected chi connectivity index (χ3v) is 8.29. The van der Waals surface area contributed by atoms with Crippen LogP contribution >= 0.6 is 70.2 Å². The van der Waals surface area contributed by atoms with Crippen molar-refractivity contribution in [3.63, 3.8) is 0 Å². The van der Waals surface area contributed by atoms with Gasteiger partial charge in [0.25, 0.3) is 0 Å². The molecule has 0 bridgehead atoms. The van der Waals surface area contributed by atoms with Gasteiger partial charge in [0.15, 0.2) is 0 Å². The first-order valence-electron chi connectivity index (χ1n) is 6.31. The number of rotatable bonds is 2. The van der Waals surface area contributed by atoms with Gasteiger partial charge in [-0.25, -0.2) is 0 Å². The van der Waals surface area contributed by atoms with Crippen molar-refractivity contribution >= 4 is 70.2 Å². The summed E-state index contributed by atoms with van der Waals surface area (Å²) in [5.41, 5.74) is 1.57. The first kappa shape index (κ1) is 18.4. The van der Waals surface area contributed by atoms with E-state index in [1.807, 2.05) is 0 Å². The van der Waals surface area contributed by atoms with E-state index in [1.165, 1.54) is 0 Å². The lowest BCUT2D eigenvalue weighted by molar-refractivity contribution is 1.59. The molecule has 0 aromatic rings. The molecule has 0 saturated carbocycles. The molecule has 0 radical (unpaired) electrons. The van der Waals surface area contributed by atoms with Gasteiger partial charge in [-0.3, -0.25) is 0 Å². The second-order valence-corrected chi connectivity index (χ2v) is 9.88. The average molecular weight is 403 g/mol. The topological polar surface area (TPSA) is 0 Å². The molecule has 0 aromatic heterocycles. The van der Waals surface area contributed by atoms with E-state index in [0.717, 1.165) is 42.6 Å². The van der Waals surface area contributed by atoms with E-state index in [9.17, 15) is 0 Å². The predicted octanol–water partition coefficient (Wildman–Crippen LogP) is 5.88. The highest BCUT2D eigenvalue weighted by Gasteiger charge is 2.15. The van der Waals surface area contributed by atoms with E-state index in [4.69, 9.17) is 23.2 Å². The van der Waals surface area contributed by atoms with Gasteiger partial charge >= 0.3 is 0 Å². The van der Waals surface area contributed by atoms with Crippen molar-refractivity contribution in [1.82, 2.24) is 0 Å². The van der Waals surface area contributed by atoms with E-state index in [1.54, 1.807) is 47.0 Å². The molecule has 0 spiro atoms. The molecular formula is C16H12Cl2S4. The lowest BCUT2D eigenvalue weighted by Gasteiger charge is -2.00. The second-order valence-electron chi connectivity index (χ2n) is 4.03. The third kappa shape index (κ3) is 5.31. The van der Waals surface area contributed by atoms with Crippen molar-refractivity contribution in [2.24, 2.45) is 0 Å². The standard InChI is InChI=1S/C16H12Cl2S4/c1-11(17)13(15-19-7-8-20-15)5-3-4-6-14(12(2)18)16-21-9-10-22-16/h1-2,7-10H2. The summed E-state index contributed by atoms with van der Waals surface area (Å²) in [6.45, 7) is 7.57. The summed E-state index contributed by atoms with van der Waals surface area (Å²) in [4.78, 5) is 0. The number of allylic oxidation sites excluding steroid dienone is 4. The highest BCUT2D eigenvalue weighted by atomic mass is 35.5. The Balaban J connectivity index is 2.22. The van der Waals surface area contributed by atoms with Gasteiger partial charge in [-0.05, 0) is 23.7 Å². The lowest BCUT2D eigenvalue weighted by Crippen LogP contribution is -1.81. The van der Waals surface area contributed by atoms with E-state index in [0.29, 0.717) is 10.1 Å². The molecular weight excluding hydrogens is 391 g/mol.